The Labute approximate surface area is 190 Å². The van der Waals surface area contributed by atoms with E-state index < -0.39 is 0 Å². The highest BCUT2D eigenvalue weighted by atomic mass is 35.5. The Morgan fingerprint density at radius 2 is 1.66 bits per heavy atom. The molecule has 3 aromatic heterocycles. The second-order valence-electron chi connectivity index (χ2n) is 7.47. The molecule has 0 fully saturated rings. The first kappa shape index (κ1) is 20.0. The molecule has 0 unspecified atom stereocenters. The van der Waals surface area contributed by atoms with Crippen molar-refractivity contribution in [3.05, 3.63) is 113 Å². The molecular weight excluding hydrogens is 422 g/mol. The lowest BCUT2D eigenvalue weighted by atomic mass is 10.1. The minimum atomic E-state index is -0.196. The van der Waals surface area contributed by atoms with Crippen molar-refractivity contribution in [2.24, 2.45) is 0 Å². The average Bonchev–Trinajstić information content (AvgIpc) is 3.42. The van der Waals surface area contributed by atoms with Gasteiger partial charge in [0, 0.05) is 24.2 Å². The fourth-order valence-electron chi connectivity index (χ4n) is 3.62. The van der Waals surface area contributed by atoms with E-state index in [4.69, 9.17) is 16.7 Å². The van der Waals surface area contributed by atoms with Crippen molar-refractivity contribution >= 4 is 23.2 Å². The molecule has 5 rings (SSSR count). The lowest BCUT2D eigenvalue weighted by Crippen LogP contribution is -2.23. The number of hydrogen-bond acceptors (Lipinski definition) is 3. The number of benzene rings is 2. The molecule has 0 spiro atoms. The van der Waals surface area contributed by atoms with E-state index in [9.17, 15) is 4.79 Å². The first-order valence-electron chi connectivity index (χ1n) is 10.2. The van der Waals surface area contributed by atoms with Gasteiger partial charge in [0.2, 0.25) is 0 Å². The van der Waals surface area contributed by atoms with Crippen LogP contribution in [0, 0.1) is 0 Å². The summed E-state index contributed by atoms with van der Waals surface area (Å²) in [5.41, 5.74) is 4.72. The maximum absolute atomic E-state index is 13.1. The van der Waals surface area contributed by atoms with Gasteiger partial charge in [-0.05, 0) is 17.7 Å². The standard InChI is InChI=1S/C25H20ClN5O/c26-20-11-12-23-28-21(16-30(23)15-20)13-27-25(32)22-17-31(14-18-7-3-1-4-8-18)29-24(22)19-9-5-2-6-10-19/h1-12,15-17H,13-14H2,(H,27,32). The summed E-state index contributed by atoms with van der Waals surface area (Å²) < 4.78 is 3.65. The second kappa shape index (κ2) is 8.69. The van der Waals surface area contributed by atoms with Crippen LogP contribution in [-0.4, -0.2) is 25.1 Å². The summed E-state index contributed by atoms with van der Waals surface area (Å²) in [6, 6.07) is 23.4. The van der Waals surface area contributed by atoms with Gasteiger partial charge in [-0.2, -0.15) is 5.10 Å². The number of aromatic nitrogens is 4. The van der Waals surface area contributed by atoms with Crippen molar-refractivity contribution in [1.82, 2.24) is 24.5 Å². The summed E-state index contributed by atoms with van der Waals surface area (Å²) in [4.78, 5) is 17.7. The molecule has 0 saturated heterocycles. The zero-order chi connectivity index (χ0) is 21.9. The van der Waals surface area contributed by atoms with Crippen LogP contribution in [0.1, 0.15) is 21.6 Å². The molecule has 0 bridgehead atoms. The molecule has 5 aromatic rings. The van der Waals surface area contributed by atoms with Crippen LogP contribution < -0.4 is 5.32 Å². The highest BCUT2D eigenvalue weighted by molar-refractivity contribution is 6.30. The SMILES string of the molecule is O=C(NCc1cn2cc(Cl)ccc2n1)c1cn(Cc2ccccc2)nc1-c1ccccc1. The minimum Gasteiger partial charge on any atom is -0.346 e. The Bertz CT molecular complexity index is 1380. The third-order valence-corrected chi connectivity index (χ3v) is 5.36. The highest BCUT2D eigenvalue weighted by Crippen LogP contribution is 2.22. The van der Waals surface area contributed by atoms with E-state index in [1.165, 1.54) is 0 Å². The molecule has 7 heteroatoms. The van der Waals surface area contributed by atoms with Gasteiger partial charge in [0.25, 0.3) is 5.91 Å². The summed E-state index contributed by atoms with van der Waals surface area (Å²) >= 11 is 6.04. The molecule has 158 valence electrons. The summed E-state index contributed by atoms with van der Waals surface area (Å²) in [5.74, 6) is -0.196. The quantitative estimate of drug-likeness (QED) is 0.410. The van der Waals surface area contributed by atoms with Gasteiger partial charge in [-0.1, -0.05) is 72.3 Å². The Kier molecular flexibility index (Phi) is 5.44. The normalized spacial score (nSPS) is 11.0. The zero-order valence-electron chi connectivity index (χ0n) is 17.1. The number of rotatable bonds is 6. The van der Waals surface area contributed by atoms with Crippen molar-refractivity contribution in [1.29, 1.82) is 0 Å². The molecule has 0 aliphatic heterocycles. The molecule has 0 saturated carbocycles. The lowest BCUT2D eigenvalue weighted by molar-refractivity contribution is 0.0951. The van der Waals surface area contributed by atoms with Crippen LogP contribution in [-0.2, 0) is 13.1 Å². The van der Waals surface area contributed by atoms with Crippen LogP contribution >= 0.6 is 11.6 Å². The molecule has 0 radical (unpaired) electrons. The van der Waals surface area contributed by atoms with Gasteiger partial charge in [-0.25, -0.2) is 4.98 Å². The van der Waals surface area contributed by atoms with Crippen LogP contribution in [0.15, 0.2) is 91.4 Å². The van der Waals surface area contributed by atoms with Crippen molar-refractivity contribution in [2.75, 3.05) is 0 Å². The predicted octanol–water partition coefficient (Wildman–Crippen LogP) is 4.83. The first-order valence-corrected chi connectivity index (χ1v) is 10.6. The van der Waals surface area contributed by atoms with Gasteiger partial charge < -0.3 is 9.72 Å². The van der Waals surface area contributed by atoms with Gasteiger partial charge in [0.05, 0.1) is 29.4 Å². The fraction of sp³-hybridized carbons (Fsp3) is 0.0800. The third kappa shape index (κ3) is 4.26. The number of amides is 1. The highest BCUT2D eigenvalue weighted by Gasteiger charge is 2.18. The van der Waals surface area contributed by atoms with E-state index >= 15 is 0 Å². The van der Waals surface area contributed by atoms with Gasteiger partial charge in [0.15, 0.2) is 0 Å². The number of carbonyl (C=O) groups excluding carboxylic acids is 1. The Balaban J connectivity index is 1.40. The van der Waals surface area contributed by atoms with Gasteiger partial charge in [-0.15, -0.1) is 0 Å². The fourth-order valence-corrected chi connectivity index (χ4v) is 3.78. The molecule has 0 aliphatic rings. The van der Waals surface area contributed by atoms with Gasteiger partial charge >= 0.3 is 0 Å². The summed E-state index contributed by atoms with van der Waals surface area (Å²) in [6.07, 6.45) is 5.45. The molecule has 6 nitrogen and oxygen atoms in total. The molecule has 0 atom stereocenters. The number of carbonyl (C=O) groups is 1. The first-order chi connectivity index (χ1) is 15.7. The van der Waals surface area contributed by atoms with E-state index in [2.05, 4.69) is 10.3 Å². The number of nitrogens with one attached hydrogen (secondary N) is 1. The second-order valence-corrected chi connectivity index (χ2v) is 7.90. The predicted molar refractivity (Wildman–Crippen MR) is 125 cm³/mol. The number of pyridine rings is 1. The number of imidazole rings is 1. The maximum Gasteiger partial charge on any atom is 0.255 e. The number of halogens is 1. The molecule has 2 aromatic carbocycles. The van der Waals surface area contributed by atoms with E-state index in [1.807, 2.05) is 77.3 Å². The van der Waals surface area contributed by atoms with Crippen molar-refractivity contribution < 1.29 is 4.79 Å². The smallest absolute Gasteiger partial charge is 0.255 e. The average molecular weight is 442 g/mol. The number of nitrogens with zero attached hydrogens (tertiary/aromatic N) is 4. The monoisotopic (exact) mass is 441 g/mol. The number of hydrogen-bond donors (Lipinski definition) is 1. The Morgan fingerprint density at radius 3 is 2.44 bits per heavy atom. The van der Waals surface area contributed by atoms with Crippen LogP contribution in [0.3, 0.4) is 0 Å². The summed E-state index contributed by atoms with van der Waals surface area (Å²) in [7, 11) is 0. The van der Waals surface area contributed by atoms with E-state index in [1.54, 1.807) is 23.1 Å². The largest absolute Gasteiger partial charge is 0.346 e. The molecule has 3 heterocycles. The molecule has 32 heavy (non-hydrogen) atoms. The lowest BCUT2D eigenvalue weighted by Gasteiger charge is -2.03. The molecule has 0 aliphatic carbocycles. The van der Waals surface area contributed by atoms with Crippen LogP contribution in [0.25, 0.3) is 16.9 Å². The zero-order valence-corrected chi connectivity index (χ0v) is 17.9. The van der Waals surface area contributed by atoms with E-state index in [0.29, 0.717) is 29.4 Å². The number of fused-ring (bicyclic) bond motifs is 1. The van der Waals surface area contributed by atoms with Gasteiger partial charge in [-0.3, -0.25) is 9.48 Å². The summed E-state index contributed by atoms with van der Waals surface area (Å²) in [6.45, 7) is 0.886. The van der Waals surface area contributed by atoms with Crippen LogP contribution in [0.5, 0.6) is 0 Å². The minimum absolute atomic E-state index is 0.196. The van der Waals surface area contributed by atoms with Crippen molar-refractivity contribution in [2.45, 2.75) is 13.1 Å². The van der Waals surface area contributed by atoms with Crippen molar-refractivity contribution in [3.63, 3.8) is 0 Å². The third-order valence-electron chi connectivity index (χ3n) is 5.14. The molecule has 1 N–H and O–H groups in total. The Morgan fingerprint density at radius 1 is 0.906 bits per heavy atom. The van der Waals surface area contributed by atoms with Crippen LogP contribution in [0.2, 0.25) is 5.02 Å². The molecular formula is C25H20ClN5O. The van der Waals surface area contributed by atoms with Crippen LogP contribution in [0.4, 0.5) is 0 Å². The van der Waals surface area contributed by atoms with Gasteiger partial charge in [0.1, 0.15) is 11.3 Å². The maximum atomic E-state index is 13.1. The van der Waals surface area contributed by atoms with E-state index in [0.717, 1.165) is 22.5 Å². The topological polar surface area (TPSA) is 64.2 Å². The van der Waals surface area contributed by atoms with E-state index in [-0.39, 0.29) is 5.91 Å². The van der Waals surface area contributed by atoms with Crippen molar-refractivity contribution in [3.8, 4) is 11.3 Å². The Hall–Kier alpha value is -3.90. The molecule has 1 amide bonds. The summed E-state index contributed by atoms with van der Waals surface area (Å²) in [5, 5.41) is 8.32.